The molecule has 0 aliphatic rings. The van der Waals surface area contributed by atoms with Gasteiger partial charge in [0.15, 0.2) is 5.65 Å². The molecule has 0 saturated carbocycles. The summed E-state index contributed by atoms with van der Waals surface area (Å²) in [6.45, 7) is 1.41. The average molecular weight is 355 g/mol. The number of amides is 1. The van der Waals surface area contributed by atoms with Gasteiger partial charge < -0.3 is 10.1 Å². The number of ether oxygens (including phenoxy) is 1. The fourth-order valence-corrected chi connectivity index (χ4v) is 2.41. The maximum absolute atomic E-state index is 12.5. The van der Waals surface area contributed by atoms with Crippen molar-refractivity contribution in [1.82, 2.24) is 24.6 Å². The van der Waals surface area contributed by atoms with E-state index in [0.717, 1.165) is 5.69 Å². The molecule has 9 heteroatoms. The fraction of sp³-hybridized carbons (Fsp3) is 0.235. The SMILES string of the molecule is CCOC(=O)CNC(=O)Cn1cnc2c(cnn2-c2ccccc2)c1=O. The van der Waals surface area contributed by atoms with Crippen molar-refractivity contribution in [3.8, 4) is 5.69 Å². The van der Waals surface area contributed by atoms with Crippen LogP contribution in [0.1, 0.15) is 6.92 Å². The first-order chi connectivity index (χ1) is 12.6. The predicted molar refractivity (Wildman–Crippen MR) is 92.8 cm³/mol. The highest BCUT2D eigenvalue weighted by Crippen LogP contribution is 2.12. The summed E-state index contributed by atoms with van der Waals surface area (Å²) in [6, 6.07) is 9.30. The molecule has 0 unspecified atom stereocenters. The summed E-state index contributed by atoms with van der Waals surface area (Å²) in [7, 11) is 0. The number of aromatic nitrogens is 4. The molecular formula is C17H17N5O4. The van der Waals surface area contributed by atoms with Gasteiger partial charge in [0.2, 0.25) is 5.91 Å². The zero-order chi connectivity index (χ0) is 18.5. The van der Waals surface area contributed by atoms with Crippen molar-refractivity contribution in [2.24, 2.45) is 0 Å². The molecule has 3 aromatic rings. The number of rotatable bonds is 6. The molecule has 3 rings (SSSR count). The Kier molecular flexibility index (Phi) is 5.07. The number of esters is 1. The monoisotopic (exact) mass is 355 g/mol. The number of carbonyl (C=O) groups is 2. The quantitative estimate of drug-likeness (QED) is 0.636. The van der Waals surface area contributed by atoms with E-state index in [-0.39, 0.29) is 25.3 Å². The lowest BCUT2D eigenvalue weighted by Crippen LogP contribution is -2.35. The van der Waals surface area contributed by atoms with Crippen molar-refractivity contribution in [2.45, 2.75) is 13.5 Å². The van der Waals surface area contributed by atoms with Crippen LogP contribution in [0.4, 0.5) is 0 Å². The van der Waals surface area contributed by atoms with Gasteiger partial charge in [-0.3, -0.25) is 19.0 Å². The number of benzene rings is 1. The lowest BCUT2D eigenvalue weighted by molar-refractivity contribution is -0.143. The molecule has 0 aliphatic carbocycles. The van der Waals surface area contributed by atoms with Crippen molar-refractivity contribution in [2.75, 3.05) is 13.2 Å². The van der Waals surface area contributed by atoms with E-state index in [2.05, 4.69) is 15.4 Å². The first-order valence-electron chi connectivity index (χ1n) is 8.01. The number of fused-ring (bicyclic) bond motifs is 1. The first kappa shape index (κ1) is 17.3. The standard InChI is InChI=1S/C17H17N5O4/c1-2-26-15(24)9-18-14(23)10-21-11-19-16-13(17(21)25)8-20-22(16)12-6-4-3-5-7-12/h3-8,11H,2,9-10H2,1H3,(H,18,23). The highest BCUT2D eigenvalue weighted by molar-refractivity contribution is 5.82. The van der Waals surface area contributed by atoms with Crippen LogP contribution in [0.5, 0.6) is 0 Å². The van der Waals surface area contributed by atoms with E-state index >= 15 is 0 Å². The van der Waals surface area contributed by atoms with Crippen LogP contribution in [0.2, 0.25) is 0 Å². The smallest absolute Gasteiger partial charge is 0.325 e. The molecule has 0 radical (unpaired) electrons. The Hall–Kier alpha value is -3.49. The molecule has 0 aliphatic heterocycles. The van der Waals surface area contributed by atoms with Gasteiger partial charge in [0.25, 0.3) is 5.56 Å². The Morgan fingerprint density at radius 2 is 2.00 bits per heavy atom. The van der Waals surface area contributed by atoms with Gasteiger partial charge in [-0.05, 0) is 19.1 Å². The number of nitrogens with zero attached hydrogens (tertiary/aromatic N) is 4. The van der Waals surface area contributed by atoms with Gasteiger partial charge in [-0.15, -0.1) is 0 Å². The van der Waals surface area contributed by atoms with E-state index in [1.54, 1.807) is 11.6 Å². The molecule has 1 amide bonds. The third-order valence-electron chi connectivity index (χ3n) is 3.60. The van der Waals surface area contributed by atoms with Gasteiger partial charge in [0.05, 0.1) is 18.5 Å². The minimum Gasteiger partial charge on any atom is -0.465 e. The Labute approximate surface area is 148 Å². The number of carbonyl (C=O) groups excluding carboxylic acids is 2. The number of nitrogens with one attached hydrogen (secondary N) is 1. The minimum absolute atomic E-state index is 0.236. The van der Waals surface area contributed by atoms with E-state index in [1.165, 1.54) is 17.1 Å². The van der Waals surface area contributed by atoms with E-state index in [1.807, 2.05) is 30.3 Å². The maximum atomic E-state index is 12.5. The van der Waals surface area contributed by atoms with Gasteiger partial charge in [-0.25, -0.2) is 9.67 Å². The summed E-state index contributed by atoms with van der Waals surface area (Å²) in [5, 5.41) is 6.91. The van der Waals surface area contributed by atoms with Gasteiger partial charge in [0.1, 0.15) is 24.8 Å². The van der Waals surface area contributed by atoms with E-state index in [9.17, 15) is 14.4 Å². The molecule has 0 bridgehead atoms. The van der Waals surface area contributed by atoms with Crippen molar-refractivity contribution in [1.29, 1.82) is 0 Å². The van der Waals surface area contributed by atoms with Gasteiger partial charge in [-0.2, -0.15) is 5.10 Å². The summed E-state index contributed by atoms with van der Waals surface area (Å²) in [4.78, 5) is 40.0. The highest BCUT2D eigenvalue weighted by Gasteiger charge is 2.13. The third kappa shape index (κ3) is 3.61. The zero-order valence-corrected chi connectivity index (χ0v) is 14.1. The summed E-state index contributed by atoms with van der Waals surface area (Å²) < 4.78 is 7.45. The molecule has 0 saturated heterocycles. The number of para-hydroxylation sites is 1. The van der Waals surface area contributed by atoms with Crippen molar-refractivity contribution in [3.05, 3.63) is 53.2 Å². The van der Waals surface area contributed by atoms with E-state index < -0.39 is 11.9 Å². The molecule has 0 atom stereocenters. The molecule has 2 aromatic heterocycles. The molecule has 1 N–H and O–H groups in total. The van der Waals surface area contributed by atoms with Crippen LogP contribution < -0.4 is 10.9 Å². The van der Waals surface area contributed by atoms with Crippen LogP contribution >= 0.6 is 0 Å². The second-order valence-corrected chi connectivity index (χ2v) is 5.39. The molecule has 0 spiro atoms. The summed E-state index contributed by atoms with van der Waals surface area (Å²) in [5.41, 5.74) is 0.798. The normalized spacial score (nSPS) is 10.7. The van der Waals surface area contributed by atoms with Crippen molar-refractivity contribution in [3.63, 3.8) is 0 Å². The molecular weight excluding hydrogens is 338 g/mol. The van der Waals surface area contributed by atoms with E-state index in [0.29, 0.717) is 11.0 Å². The molecule has 2 heterocycles. The van der Waals surface area contributed by atoms with Crippen LogP contribution in [0.15, 0.2) is 47.7 Å². The van der Waals surface area contributed by atoms with Crippen molar-refractivity contribution < 1.29 is 14.3 Å². The minimum atomic E-state index is -0.536. The fourth-order valence-electron chi connectivity index (χ4n) is 2.41. The van der Waals surface area contributed by atoms with Gasteiger partial charge in [-0.1, -0.05) is 18.2 Å². The second kappa shape index (κ2) is 7.60. The molecule has 134 valence electrons. The van der Waals surface area contributed by atoms with E-state index in [4.69, 9.17) is 4.74 Å². The summed E-state index contributed by atoms with van der Waals surface area (Å²) in [5.74, 6) is -1.03. The highest BCUT2D eigenvalue weighted by atomic mass is 16.5. The van der Waals surface area contributed by atoms with Crippen LogP contribution in [0, 0.1) is 0 Å². The third-order valence-corrected chi connectivity index (χ3v) is 3.60. The number of hydrogen-bond acceptors (Lipinski definition) is 6. The molecule has 26 heavy (non-hydrogen) atoms. The maximum Gasteiger partial charge on any atom is 0.325 e. The van der Waals surface area contributed by atoms with Crippen LogP contribution in [0.3, 0.4) is 0 Å². The molecule has 1 aromatic carbocycles. The predicted octanol–water partition coefficient (Wildman–Crippen LogP) is 0.262. The Morgan fingerprint density at radius 3 is 2.73 bits per heavy atom. The van der Waals surface area contributed by atoms with Gasteiger partial charge in [0, 0.05) is 0 Å². The summed E-state index contributed by atoms with van der Waals surface area (Å²) in [6.07, 6.45) is 2.71. The average Bonchev–Trinajstić information content (AvgIpc) is 3.08. The molecule has 0 fully saturated rings. The largest absolute Gasteiger partial charge is 0.465 e. The lowest BCUT2D eigenvalue weighted by Gasteiger charge is -2.07. The van der Waals surface area contributed by atoms with Crippen LogP contribution in [-0.2, 0) is 20.9 Å². The van der Waals surface area contributed by atoms with Crippen LogP contribution in [0.25, 0.3) is 16.7 Å². The summed E-state index contributed by atoms with van der Waals surface area (Å²) >= 11 is 0. The zero-order valence-electron chi connectivity index (χ0n) is 14.1. The van der Waals surface area contributed by atoms with Gasteiger partial charge >= 0.3 is 5.97 Å². The van der Waals surface area contributed by atoms with Crippen molar-refractivity contribution >= 4 is 22.9 Å². The number of hydrogen-bond donors (Lipinski definition) is 1. The topological polar surface area (TPSA) is 108 Å². The Bertz CT molecular complexity index is 993. The second-order valence-electron chi connectivity index (χ2n) is 5.39. The molecule has 9 nitrogen and oxygen atoms in total. The van der Waals surface area contributed by atoms with Crippen LogP contribution in [-0.4, -0.2) is 44.4 Å². The first-order valence-corrected chi connectivity index (χ1v) is 8.01. The Morgan fingerprint density at radius 1 is 1.23 bits per heavy atom. The Balaban J connectivity index is 1.79. The lowest BCUT2D eigenvalue weighted by atomic mass is 10.3.